The molecule has 0 bridgehead atoms. The molecule has 0 aliphatic rings. The monoisotopic (exact) mass is 270 g/mol. The second-order valence-corrected chi connectivity index (χ2v) is 4.93. The maximum absolute atomic E-state index is 10.6. The molecule has 2 rings (SSSR count). The van der Waals surface area contributed by atoms with Gasteiger partial charge in [-0.05, 0) is 42.7 Å². The molecule has 0 aromatic heterocycles. The van der Waals surface area contributed by atoms with Crippen LogP contribution in [0.25, 0.3) is 0 Å². The average molecular weight is 270 g/mol. The van der Waals surface area contributed by atoms with E-state index in [-0.39, 0.29) is 6.42 Å². The highest BCUT2D eigenvalue weighted by molar-refractivity contribution is 5.70. The smallest absolute Gasteiger partial charge is 0.307 e. The maximum atomic E-state index is 10.6. The highest BCUT2D eigenvalue weighted by atomic mass is 16.5. The molecule has 2 aromatic rings. The maximum Gasteiger partial charge on any atom is 0.307 e. The van der Waals surface area contributed by atoms with Gasteiger partial charge in [-0.3, -0.25) is 4.79 Å². The van der Waals surface area contributed by atoms with Crippen LogP contribution in [-0.2, 0) is 17.8 Å². The summed E-state index contributed by atoms with van der Waals surface area (Å²) in [6, 6.07) is 13.5. The van der Waals surface area contributed by atoms with Crippen molar-refractivity contribution >= 4 is 5.97 Å². The summed E-state index contributed by atoms with van der Waals surface area (Å²) in [5.74, 6) is -0.0749. The summed E-state index contributed by atoms with van der Waals surface area (Å²) in [5.41, 5.74) is 4.36. The quantitative estimate of drug-likeness (QED) is 0.904. The Morgan fingerprint density at radius 1 is 1.10 bits per heavy atom. The van der Waals surface area contributed by atoms with Crippen LogP contribution in [0.4, 0.5) is 0 Å². The number of carboxylic acids is 1. The number of aliphatic carboxylic acids is 1. The van der Waals surface area contributed by atoms with E-state index in [9.17, 15) is 4.79 Å². The van der Waals surface area contributed by atoms with E-state index in [0.29, 0.717) is 6.61 Å². The van der Waals surface area contributed by atoms with Crippen molar-refractivity contribution in [3.63, 3.8) is 0 Å². The van der Waals surface area contributed by atoms with E-state index < -0.39 is 5.97 Å². The van der Waals surface area contributed by atoms with E-state index in [2.05, 4.69) is 32.0 Å². The van der Waals surface area contributed by atoms with Gasteiger partial charge in [0.1, 0.15) is 12.4 Å². The SMILES string of the molecule is Cc1ccc(C)c(COc2ccc(CC(=O)O)cc2)c1. The lowest BCUT2D eigenvalue weighted by atomic mass is 10.1. The Morgan fingerprint density at radius 3 is 2.45 bits per heavy atom. The lowest BCUT2D eigenvalue weighted by Crippen LogP contribution is -2.01. The van der Waals surface area contributed by atoms with Crippen LogP contribution in [0.1, 0.15) is 22.3 Å². The second-order valence-electron chi connectivity index (χ2n) is 4.93. The van der Waals surface area contributed by atoms with Crippen molar-refractivity contribution < 1.29 is 14.6 Å². The van der Waals surface area contributed by atoms with Gasteiger partial charge in [0.05, 0.1) is 6.42 Å². The highest BCUT2D eigenvalue weighted by Gasteiger charge is 2.03. The first-order valence-corrected chi connectivity index (χ1v) is 6.54. The van der Waals surface area contributed by atoms with Crippen molar-refractivity contribution in [3.05, 3.63) is 64.7 Å². The Morgan fingerprint density at radius 2 is 1.80 bits per heavy atom. The van der Waals surface area contributed by atoms with Crippen molar-refractivity contribution in [1.29, 1.82) is 0 Å². The standard InChI is InChI=1S/C17H18O3/c1-12-3-4-13(2)15(9-12)11-20-16-7-5-14(6-8-16)10-17(18)19/h3-9H,10-11H2,1-2H3,(H,18,19). The van der Waals surface area contributed by atoms with Crippen LogP contribution in [0.3, 0.4) is 0 Å². The van der Waals surface area contributed by atoms with Gasteiger partial charge in [0, 0.05) is 0 Å². The van der Waals surface area contributed by atoms with Gasteiger partial charge in [0.15, 0.2) is 0 Å². The first-order chi connectivity index (χ1) is 9.54. The first kappa shape index (κ1) is 14.1. The predicted molar refractivity (Wildman–Crippen MR) is 78.0 cm³/mol. The first-order valence-electron chi connectivity index (χ1n) is 6.54. The molecular formula is C17H18O3. The number of aryl methyl sites for hydroxylation is 2. The molecule has 1 N–H and O–H groups in total. The molecule has 3 nitrogen and oxygen atoms in total. The minimum atomic E-state index is -0.825. The van der Waals surface area contributed by atoms with Gasteiger partial charge in [-0.25, -0.2) is 0 Å². The van der Waals surface area contributed by atoms with Crippen LogP contribution in [0.15, 0.2) is 42.5 Å². The highest BCUT2D eigenvalue weighted by Crippen LogP contribution is 2.17. The molecule has 0 spiro atoms. The molecule has 104 valence electrons. The van der Waals surface area contributed by atoms with Gasteiger partial charge < -0.3 is 9.84 Å². The third kappa shape index (κ3) is 3.85. The van der Waals surface area contributed by atoms with Gasteiger partial charge >= 0.3 is 5.97 Å². The van der Waals surface area contributed by atoms with E-state index in [4.69, 9.17) is 9.84 Å². The van der Waals surface area contributed by atoms with Gasteiger partial charge in [-0.1, -0.05) is 35.9 Å². The lowest BCUT2D eigenvalue weighted by molar-refractivity contribution is -0.136. The predicted octanol–water partition coefficient (Wildman–Crippen LogP) is 3.51. The number of carboxylic acid groups (broad SMARTS) is 1. The number of hydrogen-bond acceptors (Lipinski definition) is 2. The van der Waals surface area contributed by atoms with E-state index >= 15 is 0 Å². The van der Waals surface area contributed by atoms with Crippen molar-refractivity contribution in [2.45, 2.75) is 26.9 Å². The van der Waals surface area contributed by atoms with Gasteiger partial charge in [0.25, 0.3) is 0 Å². The molecule has 0 unspecified atom stereocenters. The van der Waals surface area contributed by atoms with Gasteiger partial charge in [0.2, 0.25) is 0 Å². The fourth-order valence-corrected chi connectivity index (χ4v) is 1.99. The minimum absolute atomic E-state index is 0.0390. The molecule has 2 aromatic carbocycles. The summed E-state index contributed by atoms with van der Waals surface area (Å²) in [6.07, 6.45) is 0.0390. The zero-order chi connectivity index (χ0) is 14.5. The fourth-order valence-electron chi connectivity index (χ4n) is 1.99. The fraction of sp³-hybridized carbons (Fsp3) is 0.235. The summed E-state index contributed by atoms with van der Waals surface area (Å²) in [7, 11) is 0. The molecule has 0 fully saturated rings. The molecule has 0 atom stereocenters. The van der Waals surface area contributed by atoms with Crippen molar-refractivity contribution in [2.24, 2.45) is 0 Å². The molecule has 0 saturated carbocycles. The van der Waals surface area contributed by atoms with Crippen molar-refractivity contribution in [1.82, 2.24) is 0 Å². The minimum Gasteiger partial charge on any atom is -0.489 e. The third-order valence-electron chi connectivity index (χ3n) is 3.18. The molecule has 0 saturated heterocycles. The third-order valence-corrected chi connectivity index (χ3v) is 3.18. The van der Waals surface area contributed by atoms with Crippen LogP contribution in [0, 0.1) is 13.8 Å². The summed E-state index contributed by atoms with van der Waals surface area (Å²) >= 11 is 0. The lowest BCUT2D eigenvalue weighted by Gasteiger charge is -2.10. The van der Waals surface area contributed by atoms with Crippen LogP contribution < -0.4 is 4.74 Å². The number of ether oxygens (including phenoxy) is 1. The molecule has 0 amide bonds. The zero-order valence-electron chi connectivity index (χ0n) is 11.7. The van der Waals surface area contributed by atoms with Crippen LogP contribution in [-0.4, -0.2) is 11.1 Å². The van der Waals surface area contributed by atoms with Gasteiger partial charge in [-0.15, -0.1) is 0 Å². The zero-order valence-corrected chi connectivity index (χ0v) is 11.7. The van der Waals surface area contributed by atoms with Crippen LogP contribution in [0.2, 0.25) is 0 Å². The summed E-state index contributed by atoms with van der Waals surface area (Å²) < 4.78 is 5.74. The number of carbonyl (C=O) groups is 1. The summed E-state index contributed by atoms with van der Waals surface area (Å²) in [4.78, 5) is 10.6. The van der Waals surface area contributed by atoms with E-state index in [1.165, 1.54) is 16.7 Å². The Balaban J connectivity index is 2.00. The largest absolute Gasteiger partial charge is 0.489 e. The Kier molecular flexibility index (Phi) is 4.41. The van der Waals surface area contributed by atoms with E-state index in [1.54, 1.807) is 12.1 Å². The normalized spacial score (nSPS) is 10.3. The molecule has 0 heterocycles. The molecular weight excluding hydrogens is 252 g/mol. The van der Waals surface area contributed by atoms with E-state index in [1.807, 2.05) is 12.1 Å². The van der Waals surface area contributed by atoms with Crippen molar-refractivity contribution in [2.75, 3.05) is 0 Å². The topological polar surface area (TPSA) is 46.5 Å². The van der Waals surface area contributed by atoms with Crippen LogP contribution in [0.5, 0.6) is 5.75 Å². The molecule has 0 aliphatic heterocycles. The Hall–Kier alpha value is -2.29. The van der Waals surface area contributed by atoms with Gasteiger partial charge in [-0.2, -0.15) is 0 Å². The number of rotatable bonds is 5. The molecule has 3 heteroatoms. The van der Waals surface area contributed by atoms with E-state index in [0.717, 1.165) is 11.3 Å². The summed E-state index contributed by atoms with van der Waals surface area (Å²) in [5, 5.41) is 8.71. The number of hydrogen-bond donors (Lipinski definition) is 1. The average Bonchev–Trinajstić information content (AvgIpc) is 2.41. The number of benzene rings is 2. The Labute approximate surface area is 118 Å². The molecule has 0 radical (unpaired) electrons. The van der Waals surface area contributed by atoms with Crippen molar-refractivity contribution in [3.8, 4) is 5.75 Å². The Bertz CT molecular complexity index is 600. The molecule has 0 aliphatic carbocycles. The molecule has 20 heavy (non-hydrogen) atoms. The summed E-state index contributed by atoms with van der Waals surface area (Å²) in [6.45, 7) is 4.64. The van der Waals surface area contributed by atoms with Crippen LogP contribution >= 0.6 is 0 Å². The second kappa shape index (κ2) is 6.24.